The predicted octanol–water partition coefficient (Wildman–Crippen LogP) is -0.367. The zero-order valence-corrected chi connectivity index (χ0v) is 12.5. The number of rotatable bonds is 4. The number of hydrazine groups is 1. The molecule has 1 fully saturated rings. The quantitative estimate of drug-likeness (QED) is 0.435. The maximum Gasteiger partial charge on any atom is 0.271 e. The van der Waals surface area contributed by atoms with Crippen LogP contribution in [0.25, 0.3) is 0 Å². The fraction of sp³-hybridized carbons (Fsp3) is 0.400. The molecule has 0 saturated carbocycles. The minimum atomic E-state index is -3.84. The SMILES string of the molecule is NNc1cc([N+](=O)[O-])ccc1S(=O)(=O)N1CCS(=O)CC1. The Kier molecular flexibility index (Phi) is 4.56. The minimum absolute atomic E-state index is 0.0455. The van der Waals surface area contributed by atoms with Gasteiger partial charge in [0.2, 0.25) is 10.0 Å². The number of hydrogen-bond donors (Lipinski definition) is 2. The van der Waals surface area contributed by atoms with Gasteiger partial charge in [0.15, 0.2) is 0 Å². The van der Waals surface area contributed by atoms with Crippen LogP contribution in [-0.2, 0) is 20.8 Å². The van der Waals surface area contributed by atoms with Crippen molar-refractivity contribution in [3.05, 3.63) is 28.3 Å². The van der Waals surface area contributed by atoms with E-state index < -0.39 is 25.7 Å². The first-order valence-corrected chi connectivity index (χ1v) is 8.89. The second-order valence-corrected chi connectivity index (χ2v) is 7.94. The van der Waals surface area contributed by atoms with Crippen molar-refractivity contribution in [3.8, 4) is 0 Å². The molecule has 11 heteroatoms. The van der Waals surface area contributed by atoms with Crippen LogP contribution in [0.5, 0.6) is 0 Å². The summed E-state index contributed by atoms with van der Waals surface area (Å²) in [6.07, 6.45) is 0. The predicted molar refractivity (Wildman–Crippen MR) is 77.5 cm³/mol. The zero-order valence-electron chi connectivity index (χ0n) is 10.9. The highest BCUT2D eigenvalue weighted by atomic mass is 32.2. The Morgan fingerprint density at radius 3 is 2.48 bits per heavy atom. The third-order valence-corrected chi connectivity index (χ3v) is 6.32. The van der Waals surface area contributed by atoms with Gasteiger partial charge >= 0.3 is 0 Å². The Morgan fingerprint density at radius 1 is 1.33 bits per heavy atom. The molecule has 0 bridgehead atoms. The molecular weight excluding hydrogens is 320 g/mol. The van der Waals surface area contributed by atoms with Crippen LogP contribution in [0, 0.1) is 10.1 Å². The molecule has 0 radical (unpaired) electrons. The van der Waals surface area contributed by atoms with Crippen molar-refractivity contribution in [3.63, 3.8) is 0 Å². The van der Waals surface area contributed by atoms with Gasteiger partial charge in [0, 0.05) is 47.5 Å². The third-order valence-electron chi connectivity index (χ3n) is 3.08. The first-order chi connectivity index (χ1) is 9.86. The Morgan fingerprint density at radius 2 is 1.95 bits per heavy atom. The van der Waals surface area contributed by atoms with Crippen LogP contribution in [0.3, 0.4) is 0 Å². The van der Waals surface area contributed by atoms with Gasteiger partial charge in [-0.2, -0.15) is 4.31 Å². The number of benzene rings is 1. The van der Waals surface area contributed by atoms with Crippen molar-refractivity contribution in [2.45, 2.75) is 4.90 Å². The van der Waals surface area contributed by atoms with Gasteiger partial charge in [-0.25, -0.2) is 8.42 Å². The van der Waals surface area contributed by atoms with Gasteiger partial charge in [0.05, 0.1) is 10.6 Å². The molecule has 1 aromatic carbocycles. The maximum atomic E-state index is 12.5. The molecule has 1 heterocycles. The fourth-order valence-corrected chi connectivity index (χ4v) is 4.83. The summed E-state index contributed by atoms with van der Waals surface area (Å²) in [6.45, 7) is 0.298. The van der Waals surface area contributed by atoms with Crippen LogP contribution >= 0.6 is 0 Å². The standard InChI is InChI=1S/C10H14N4O5S2/c11-12-9-7-8(14(15)16)1-2-10(9)21(18,19)13-3-5-20(17)6-4-13/h1-2,7,12H,3-6,11H2. The summed E-state index contributed by atoms with van der Waals surface area (Å²) in [5, 5.41) is 10.7. The lowest BCUT2D eigenvalue weighted by atomic mass is 10.3. The average Bonchev–Trinajstić information content (AvgIpc) is 2.46. The van der Waals surface area contributed by atoms with E-state index in [1.807, 2.05) is 0 Å². The first-order valence-electron chi connectivity index (χ1n) is 5.96. The van der Waals surface area contributed by atoms with Crippen LogP contribution in [0.4, 0.5) is 11.4 Å². The van der Waals surface area contributed by atoms with E-state index in [9.17, 15) is 22.7 Å². The van der Waals surface area contributed by atoms with Gasteiger partial charge in [-0.1, -0.05) is 0 Å². The molecule has 0 unspecified atom stereocenters. The summed E-state index contributed by atoms with van der Waals surface area (Å²) in [5.74, 6) is 5.81. The van der Waals surface area contributed by atoms with Crippen LogP contribution in [0.15, 0.2) is 23.1 Å². The summed E-state index contributed by atoms with van der Waals surface area (Å²) in [7, 11) is -4.84. The summed E-state index contributed by atoms with van der Waals surface area (Å²) < 4.78 is 37.5. The van der Waals surface area contributed by atoms with Crippen LogP contribution in [0.1, 0.15) is 0 Å². The minimum Gasteiger partial charge on any atom is -0.323 e. The number of nitrogens with two attached hydrogens (primary N) is 1. The van der Waals surface area contributed by atoms with E-state index in [4.69, 9.17) is 5.84 Å². The Labute approximate surface area is 123 Å². The van der Waals surface area contributed by atoms with Crippen LogP contribution in [-0.4, -0.2) is 46.5 Å². The molecule has 0 aliphatic carbocycles. The fourth-order valence-electron chi connectivity index (χ4n) is 1.97. The van der Waals surface area contributed by atoms with Gasteiger partial charge < -0.3 is 5.43 Å². The van der Waals surface area contributed by atoms with Crippen molar-refractivity contribution in [2.75, 3.05) is 30.0 Å². The molecule has 1 aliphatic heterocycles. The molecular formula is C10H14N4O5S2. The van der Waals surface area contributed by atoms with Gasteiger partial charge in [0.25, 0.3) is 5.69 Å². The number of nitrogen functional groups attached to an aromatic ring is 1. The smallest absolute Gasteiger partial charge is 0.271 e. The summed E-state index contributed by atoms with van der Waals surface area (Å²) in [4.78, 5) is 9.94. The summed E-state index contributed by atoms with van der Waals surface area (Å²) >= 11 is 0. The summed E-state index contributed by atoms with van der Waals surface area (Å²) in [5.41, 5.74) is 1.87. The lowest BCUT2D eigenvalue weighted by Crippen LogP contribution is -2.42. The second-order valence-electron chi connectivity index (χ2n) is 4.33. The molecule has 3 N–H and O–H groups in total. The molecule has 0 aromatic heterocycles. The highest BCUT2D eigenvalue weighted by Crippen LogP contribution is 2.28. The first kappa shape index (κ1) is 15.8. The van der Waals surface area contributed by atoms with E-state index in [0.717, 1.165) is 18.2 Å². The monoisotopic (exact) mass is 334 g/mol. The molecule has 1 saturated heterocycles. The normalized spacial score (nSPS) is 17.6. The van der Waals surface area contributed by atoms with Gasteiger partial charge in [0.1, 0.15) is 4.90 Å². The topological polar surface area (TPSA) is 136 Å². The number of nitro benzene ring substituents is 1. The number of anilines is 1. The van der Waals surface area contributed by atoms with E-state index >= 15 is 0 Å². The van der Waals surface area contributed by atoms with Gasteiger partial charge in [-0.15, -0.1) is 0 Å². The molecule has 9 nitrogen and oxygen atoms in total. The molecule has 1 aliphatic rings. The zero-order chi connectivity index (χ0) is 15.6. The van der Waals surface area contributed by atoms with Crippen molar-refractivity contribution in [1.82, 2.24) is 4.31 Å². The van der Waals surface area contributed by atoms with Crippen molar-refractivity contribution in [1.29, 1.82) is 0 Å². The highest BCUT2D eigenvalue weighted by molar-refractivity contribution is 7.89. The van der Waals surface area contributed by atoms with Crippen LogP contribution in [0.2, 0.25) is 0 Å². The van der Waals surface area contributed by atoms with E-state index in [1.54, 1.807) is 0 Å². The number of nitrogens with zero attached hydrogens (tertiary/aromatic N) is 2. The van der Waals surface area contributed by atoms with Crippen molar-refractivity contribution in [2.24, 2.45) is 5.84 Å². The Bertz CT molecular complexity index is 681. The Balaban J connectivity index is 2.40. The second kappa shape index (κ2) is 6.05. The highest BCUT2D eigenvalue weighted by Gasteiger charge is 2.30. The van der Waals surface area contributed by atoms with E-state index in [0.29, 0.717) is 0 Å². The molecule has 116 valence electrons. The molecule has 21 heavy (non-hydrogen) atoms. The molecule has 0 atom stereocenters. The number of sulfonamides is 1. The average molecular weight is 334 g/mol. The number of hydrogen-bond acceptors (Lipinski definition) is 7. The molecule has 0 amide bonds. The van der Waals surface area contributed by atoms with E-state index in [1.165, 1.54) is 4.31 Å². The third kappa shape index (κ3) is 3.20. The van der Waals surface area contributed by atoms with E-state index in [2.05, 4.69) is 5.43 Å². The number of nitro groups is 1. The van der Waals surface area contributed by atoms with Gasteiger partial charge in [-0.05, 0) is 6.07 Å². The van der Waals surface area contributed by atoms with Crippen LogP contribution < -0.4 is 11.3 Å². The lowest BCUT2D eigenvalue weighted by Gasteiger charge is -2.26. The lowest BCUT2D eigenvalue weighted by molar-refractivity contribution is -0.384. The number of nitrogens with one attached hydrogen (secondary N) is 1. The molecule has 2 rings (SSSR count). The van der Waals surface area contributed by atoms with Gasteiger partial charge in [-0.3, -0.25) is 20.2 Å². The van der Waals surface area contributed by atoms with Crippen molar-refractivity contribution >= 4 is 32.2 Å². The Hall–Kier alpha value is -1.56. The largest absolute Gasteiger partial charge is 0.323 e. The van der Waals surface area contributed by atoms with Crippen molar-refractivity contribution < 1.29 is 17.6 Å². The number of non-ortho nitro benzene ring substituents is 1. The maximum absolute atomic E-state index is 12.5. The summed E-state index contributed by atoms with van der Waals surface area (Å²) in [6, 6.07) is 3.32. The van der Waals surface area contributed by atoms with E-state index in [-0.39, 0.29) is 40.9 Å². The molecule has 0 spiro atoms. The molecule has 1 aromatic rings.